The number of amides is 2. The van der Waals surface area contributed by atoms with Crippen molar-refractivity contribution in [1.82, 2.24) is 10.6 Å². The Hall–Kier alpha value is -0.825. The van der Waals surface area contributed by atoms with Crippen LogP contribution in [0, 0.1) is 0 Å². The third-order valence-corrected chi connectivity index (χ3v) is 12.9. The van der Waals surface area contributed by atoms with Gasteiger partial charge in [-0.1, -0.05) is 33.7 Å². The van der Waals surface area contributed by atoms with E-state index in [-0.39, 0.29) is 40.5 Å². The third kappa shape index (κ3) is 17.6. The van der Waals surface area contributed by atoms with Crippen molar-refractivity contribution < 1.29 is 75.5 Å². The van der Waals surface area contributed by atoms with Crippen LogP contribution < -0.4 is 16.1 Å². The first-order valence-corrected chi connectivity index (χ1v) is 20.9. The van der Waals surface area contributed by atoms with Crippen molar-refractivity contribution in [2.24, 2.45) is 0 Å². The molecule has 0 aliphatic carbocycles. The molecule has 24 heteroatoms. The molecule has 0 radical (unpaired) electrons. The van der Waals surface area contributed by atoms with E-state index in [1.807, 2.05) is 13.8 Å². The van der Waals surface area contributed by atoms with Crippen molar-refractivity contribution >= 4 is 69.5 Å². The molecule has 5 atom stereocenters. The number of phosphoric acid groups is 3. The topological polar surface area (TPSA) is 277 Å². The summed E-state index contributed by atoms with van der Waals surface area (Å²) in [5, 5.41) is 23.9. The maximum atomic E-state index is 12.3. The van der Waals surface area contributed by atoms with Gasteiger partial charge in [0.15, 0.2) is 0 Å². The van der Waals surface area contributed by atoms with Crippen molar-refractivity contribution in [2.75, 3.05) is 25.6 Å². The highest BCUT2D eigenvalue weighted by atomic mass is 33.1. The zero-order chi connectivity index (χ0) is 35.5. The first-order valence-electron chi connectivity index (χ1n) is 14.0. The summed E-state index contributed by atoms with van der Waals surface area (Å²) < 4.78 is 57.4. The number of unbranched alkanes of at least 4 members (excludes halogenated alkanes) is 1. The molecule has 0 aromatic heterocycles. The molecular weight excluding hydrogens is 728 g/mol. The third-order valence-electron chi connectivity index (χ3n) is 6.12. The molecule has 3 unspecified atom stereocenters. The molecule has 47 heavy (non-hydrogen) atoms. The molecule has 18 nitrogen and oxygen atoms in total. The largest absolute Gasteiger partial charge is 0.490 e. The average Bonchev–Trinajstić information content (AvgIpc) is 3.30. The van der Waals surface area contributed by atoms with Gasteiger partial charge in [-0.15, -0.1) is 0 Å². The fourth-order valence-electron chi connectivity index (χ4n) is 3.96. The number of nitrogens with one attached hydrogen (secondary N) is 2. The number of phosphoric ester groups is 1. The van der Waals surface area contributed by atoms with Gasteiger partial charge < -0.3 is 49.7 Å². The lowest BCUT2D eigenvalue weighted by molar-refractivity contribution is -0.121. The summed E-state index contributed by atoms with van der Waals surface area (Å²) in [7, 11) is -15.2. The maximum absolute atomic E-state index is 12.3. The molecule has 0 spiro atoms. The van der Waals surface area contributed by atoms with Gasteiger partial charge in [-0.3, -0.25) is 14.1 Å². The zero-order valence-electron chi connectivity index (χ0n) is 25.7. The van der Waals surface area contributed by atoms with Crippen LogP contribution in [0.2, 0.25) is 0 Å². The molecule has 1 aliphatic rings. The molecule has 8 N–H and O–H groups in total. The second-order valence-corrected chi connectivity index (χ2v) is 18.2. The van der Waals surface area contributed by atoms with E-state index >= 15 is 0 Å². The highest BCUT2D eigenvalue weighted by molar-refractivity contribution is 8.77. The molecule has 2 amide bonds. The van der Waals surface area contributed by atoms with E-state index in [1.54, 1.807) is 6.92 Å². The van der Waals surface area contributed by atoms with Gasteiger partial charge in [0.2, 0.25) is 5.91 Å². The molecule has 1 aliphatic heterocycles. The minimum Gasteiger partial charge on any atom is -0.423 e. The number of rotatable bonds is 21. The maximum Gasteiger partial charge on any atom is 0.490 e. The summed E-state index contributed by atoms with van der Waals surface area (Å²) in [6.45, 7) is 5.73. The number of carbonyl (C=O) groups excluding carboxylic acids is 2. The average molecular weight is 768 g/mol. The SMILES string of the molecule is C[C@H]1C[C@@H](OCSSC(C)(C)CNC(=O)CCCCNC(=O)c2ccc(B(O)O)cc2)C(COP(=O)(O)OP(=O)(O)OP(=O)(O)O)O1. The van der Waals surface area contributed by atoms with Crippen molar-refractivity contribution in [1.29, 1.82) is 0 Å². The number of benzene rings is 1. The van der Waals surface area contributed by atoms with Crippen molar-refractivity contribution in [2.45, 2.75) is 69.5 Å². The number of carbonyl (C=O) groups is 2. The van der Waals surface area contributed by atoms with Gasteiger partial charge in [-0.05, 0) is 51.2 Å². The Kier molecular flexibility index (Phi) is 17.1. The predicted molar refractivity (Wildman–Crippen MR) is 173 cm³/mol. The van der Waals surface area contributed by atoms with E-state index in [0.717, 1.165) is 0 Å². The lowest BCUT2D eigenvalue weighted by Crippen LogP contribution is -2.36. The second kappa shape index (κ2) is 19.0. The molecule has 0 saturated carbocycles. The van der Waals surface area contributed by atoms with Gasteiger partial charge in [0.1, 0.15) is 12.0 Å². The van der Waals surface area contributed by atoms with E-state index < -0.39 is 49.4 Å². The predicted octanol–water partition coefficient (Wildman–Crippen LogP) is 1.41. The van der Waals surface area contributed by atoms with Gasteiger partial charge in [0.25, 0.3) is 5.91 Å². The highest BCUT2D eigenvalue weighted by Gasteiger charge is 2.42. The highest BCUT2D eigenvalue weighted by Crippen LogP contribution is 2.66. The molecule has 1 aromatic carbocycles. The van der Waals surface area contributed by atoms with E-state index in [2.05, 4.69) is 23.8 Å². The molecule has 1 saturated heterocycles. The Morgan fingerprint density at radius 1 is 1.02 bits per heavy atom. The van der Waals surface area contributed by atoms with Crippen LogP contribution >= 0.6 is 45.1 Å². The summed E-state index contributed by atoms with van der Waals surface area (Å²) in [4.78, 5) is 60.7. The lowest BCUT2D eigenvalue weighted by Gasteiger charge is -2.24. The molecule has 1 aromatic rings. The molecular formula is C23H40BN2O16P3S2. The van der Waals surface area contributed by atoms with E-state index in [4.69, 9.17) is 29.3 Å². The first kappa shape index (κ1) is 42.3. The molecule has 2 rings (SSSR count). The monoisotopic (exact) mass is 768 g/mol. The van der Waals surface area contributed by atoms with Gasteiger partial charge in [0.05, 0.1) is 18.8 Å². The van der Waals surface area contributed by atoms with E-state index in [9.17, 15) is 33.1 Å². The Balaban J connectivity index is 1.64. The van der Waals surface area contributed by atoms with Gasteiger partial charge in [-0.2, -0.15) is 8.62 Å². The molecule has 0 bridgehead atoms. The summed E-state index contributed by atoms with van der Waals surface area (Å²) in [6.07, 6.45) is 0.0650. The van der Waals surface area contributed by atoms with E-state index in [0.29, 0.717) is 37.9 Å². The summed E-state index contributed by atoms with van der Waals surface area (Å²) in [5.74, 6) is -0.268. The second-order valence-electron chi connectivity index (χ2n) is 10.9. The van der Waals surface area contributed by atoms with Crippen LogP contribution in [-0.2, 0) is 41.1 Å². The van der Waals surface area contributed by atoms with Crippen molar-refractivity contribution in [3.05, 3.63) is 29.8 Å². The van der Waals surface area contributed by atoms with Gasteiger partial charge in [-0.25, -0.2) is 13.7 Å². The first-order chi connectivity index (χ1) is 21.7. The van der Waals surface area contributed by atoms with Crippen LogP contribution in [0.15, 0.2) is 24.3 Å². The Morgan fingerprint density at radius 2 is 1.68 bits per heavy atom. The fourth-order valence-corrected chi connectivity index (χ4v) is 9.17. The van der Waals surface area contributed by atoms with Crippen molar-refractivity contribution in [3.8, 4) is 0 Å². The normalized spacial score (nSPS) is 21.1. The summed E-state index contributed by atoms with van der Waals surface area (Å²) in [5.41, 5.74) is 0.661. The minimum absolute atomic E-state index is 0.139. The number of hydrogen-bond donors (Lipinski definition) is 8. The van der Waals surface area contributed by atoms with Crippen LogP contribution in [0.3, 0.4) is 0 Å². The van der Waals surface area contributed by atoms with Gasteiger partial charge in [0, 0.05) is 36.2 Å². The summed E-state index contributed by atoms with van der Waals surface area (Å²) in [6, 6.07) is 5.89. The fraction of sp³-hybridized carbons (Fsp3) is 0.652. The smallest absolute Gasteiger partial charge is 0.423 e. The van der Waals surface area contributed by atoms with Crippen LogP contribution in [0.5, 0.6) is 0 Å². The Bertz CT molecular complexity index is 1320. The van der Waals surface area contributed by atoms with Crippen LogP contribution in [0.4, 0.5) is 0 Å². The standard InChI is InChI=1S/C23H40BN2O16P3S2/c1-16-12-19(20(40-16)13-39-44(34,35)42-45(36,37)41-43(31,32)33)38-15-46-47-23(2,3)14-26-21(27)6-4-5-11-25-22(28)17-7-9-18(10-8-17)24(29)30/h7-10,16,19-20,29-30H,4-6,11-15H2,1-3H3,(H,25,28)(H,26,27)(H,34,35)(H,36,37)(H2,31,32,33)/t16-,19+,20?/m0/s1. The Labute approximate surface area is 280 Å². The zero-order valence-corrected chi connectivity index (χ0v) is 30.0. The van der Waals surface area contributed by atoms with Crippen LogP contribution in [0.25, 0.3) is 0 Å². The van der Waals surface area contributed by atoms with Crippen molar-refractivity contribution in [3.63, 3.8) is 0 Å². The minimum atomic E-state index is -5.63. The Morgan fingerprint density at radius 3 is 2.30 bits per heavy atom. The van der Waals surface area contributed by atoms with Gasteiger partial charge >= 0.3 is 30.6 Å². The lowest BCUT2D eigenvalue weighted by atomic mass is 9.80. The molecule has 268 valence electrons. The molecule has 1 heterocycles. The number of ether oxygens (including phenoxy) is 2. The quantitative estimate of drug-likeness (QED) is 0.0289. The van der Waals surface area contributed by atoms with Crippen LogP contribution in [0.1, 0.15) is 56.8 Å². The molecule has 1 fully saturated rings. The number of hydrogen-bond acceptors (Lipinski definition) is 14. The summed E-state index contributed by atoms with van der Waals surface area (Å²) >= 11 is 0. The van der Waals surface area contributed by atoms with Crippen LogP contribution in [-0.4, -0.2) is 97.2 Å². The van der Waals surface area contributed by atoms with E-state index in [1.165, 1.54) is 45.9 Å².